The van der Waals surface area contributed by atoms with Gasteiger partial charge in [-0.15, -0.1) is 0 Å². The number of carboxylic acids is 1. The van der Waals surface area contributed by atoms with E-state index in [1.165, 1.54) is 14.2 Å². The van der Waals surface area contributed by atoms with E-state index in [1.807, 2.05) is 25.1 Å². The summed E-state index contributed by atoms with van der Waals surface area (Å²) in [6, 6.07) is 12.0. The normalized spacial score (nSPS) is 12.9. The average molecular weight is 487 g/mol. The number of methoxy groups -OCH3 is 2. The molecule has 0 radical (unpaired) electrons. The number of aliphatic carboxylic acids is 1. The standard InChI is InChI=1S/C26H34N2O7/c1-17-12-13-22(33-5)19(14-17)16-20(23(29)30)27-28(25(32)35-26(2,3)4)21(24(31)34-6)15-18-10-8-7-9-11-18/h7-14,20-21,27H,15-16H2,1-6H3,(H,29,30)/t20-,21-/m0/s1. The van der Waals surface area contributed by atoms with Gasteiger partial charge in [-0.3, -0.25) is 4.79 Å². The Balaban J connectivity index is 2.46. The largest absolute Gasteiger partial charge is 0.496 e. The zero-order valence-electron chi connectivity index (χ0n) is 21.0. The minimum absolute atomic E-state index is 0.0152. The Morgan fingerprint density at radius 2 is 1.69 bits per heavy atom. The van der Waals surface area contributed by atoms with Gasteiger partial charge in [0.2, 0.25) is 0 Å². The van der Waals surface area contributed by atoms with Crippen LogP contribution >= 0.6 is 0 Å². The lowest BCUT2D eigenvalue weighted by Gasteiger charge is -2.34. The number of nitrogens with one attached hydrogen (secondary N) is 1. The molecule has 0 bridgehead atoms. The molecule has 2 rings (SSSR count). The van der Waals surface area contributed by atoms with Crippen molar-refractivity contribution in [1.29, 1.82) is 0 Å². The highest BCUT2D eigenvalue weighted by Crippen LogP contribution is 2.22. The summed E-state index contributed by atoms with van der Waals surface area (Å²) in [5.74, 6) is -1.42. The fourth-order valence-corrected chi connectivity index (χ4v) is 3.48. The third kappa shape index (κ3) is 8.29. The quantitative estimate of drug-likeness (QED) is 0.387. The van der Waals surface area contributed by atoms with Crippen molar-refractivity contribution in [3.8, 4) is 5.75 Å². The molecule has 190 valence electrons. The highest BCUT2D eigenvalue weighted by Gasteiger charge is 2.37. The summed E-state index contributed by atoms with van der Waals surface area (Å²) in [7, 11) is 2.71. The fraction of sp³-hybridized carbons (Fsp3) is 0.423. The lowest BCUT2D eigenvalue weighted by atomic mass is 10.0. The van der Waals surface area contributed by atoms with E-state index in [0.717, 1.165) is 16.1 Å². The molecule has 9 nitrogen and oxygen atoms in total. The van der Waals surface area contributed by atoms with Gasteiger partial charge in [0, 0.05) is 12.8 Å². The monoisotopic (exact) mass is 486 g/mol. The second-order valence-electron chi connectivity index (χ2n) is 9.12. The van der Waals surface area contributed by atoms with Gasteiger partial charge in [0.25, 0.3) is 0 Å². The molecule has 0 fully saturated rings. The van der Waals surface area contributed by atoms with Crippen LogP contribution in [0.4, 0.5) is 4.79 Å². The van der Waals surface area contributed by atoms with Crippen molar-refractivity contribution in [1.82, 2.24) is 10.4 Å². The predicted octanol–water partition coefficient (Wildman–Crippen LogP) is 3.53. The summed E-state index contributed by atoms with van der Waals surface area (Å²) >= 11 is 0. The molecule has 2 N–H and O–H groups in total. The Morgan fingerprint density at radius 1 is 1.03 bits per heavy atom. The molecule has 0 saturated carbocycles. The van der Waals surface area contributed by atoms with Crippen LogP contribution in [0.3, 0.4) is 0 Å². The number of nitrogens with zero attached hydrogens (tertiary/aromatic N) is 1. The van der Waals surface area contributed by atoms with Crippen LogP contribution in [0.5, 0.6) is 5.75 Å². The number of hydrazine groups is 1. The molecule has 0 aromatic heterocycles. The Kier molecular flexibility index (Phi) is 9.65. The number of esters is 1. The second-order valence-corrected chi connectivity index (χ2v) is 9.12. The maximum Gasteiger partial charge on any atom is 0.425 e. The average Bonchev–Trinajstić information content (AvgIpc) is 2.79. The molecule has 0 aliphatic carbocycles. The van der Waals surface area contributed by atoms with Crippen LogP contribution < -0.4 is 10.2 Å². The summed E-state index contributed by atoms with van der Waals surface area (Å²) in [6.45, 7) is 6.92. The molecule has 0 spiro atoms. The van der Waals surface area contributed by atoms with Crippen LogP contribution in [0.15, 0.2) is 48.5 Å². The van der Waals surface area contributed by atoms with Gasteiger partial charge in [-0.1, -0.05) is 48.0 Å². The van der Waals surface area contributed by atoms with Gasteiger partial charge in [-0.05, 0) is 44.9 Å². The van der Waals surface area contributed by atoms with E-state index in [9.17, 15) is 19.5 Å². The third-order valence-corrected chi connectivity index (χ3v) is 5.10. The van der Waals surface area contributed by atoms with Crippen molar-refractivity contribution in [3.63, 3.8) is 0 Å². The molecule has 1 amide bonds. The van der Waals surface area contributed by atoms with Crippen LogP contribution in [-0.4, -0.2) is 60.1 Å². The minimum atomic E-state index is -1.28. The lowest BCUT2D eigenvalue weighted by Crippen LogP contribution is -2.60. The molecule has 0 heterocycles. The van der Waals surface area contributed by atoms with Gasteiger partial charge in [-0.25, -0.2) is 20.0 Å². The number of hydrogen-bond donors (Lipinski definition) is 2. The number of benzene rings is 2. The van der Waals surface area contributed by atoms with E-state index in [-0.39, 0.29) is 12.8 Å². The lowest BCUT2D eigenvalue weighted by molar-refractivity contribution is -0.151. The topological polar surface area (TPSA) is 114 Å². The summed E-state index contributed by atoms with van der Waals surface area (Å²) in [6.07, 6.45) is -0.829. The van der Waals surface area contributed by atoms with Gasteiger partial charge in [-0.2, -0.15) is 0 Å². The predicted molar refractivity (Wildman–Crippen MR) is 130 cm³/mol. The molecule has 0 aliphatic heterocycles. The maximum atomic E-state index is 13.2. The SMILES string of the molecule is COC(=O)[C@H](Cc1ccccc1)N(N[C@@H](Cc1cc(C)ccc1OC)C(=O)O)C(=O)OC(C)(C)C. The number of ether oxygens (including phenoxy) is 3. The van der Waals surface area contributed by atoms with Gasteiger partial charge in [0.05, 0.1) is 14.2 Å². The Bertz CT molecular complexity index is 1020. The van der Waals surface area contributed by atoms with Crippen molar-refractivity contribution in [2.75, 3.05) is 14.2 Å². The van der Waals surface area contributed by atoms with E-state index in [4.69, 9.17) is 14.2 Å². The molecular formula is C26H34N2O7. The highest BCUT2D eigenvalue weighted by molar-refractivity contribution is 5.82. The van der Waals surface area contributed by atoms with Crippen LogP contribution in [0.1, 0.15) is 37.5 Å². The summed E-state index contributed by atoms with van der Waals surface area (Å²) in [5, 5.41) is 10.9. The number of rotatable bonds is 10. The maximum absolute atomic E-state index is 13.2. The van der Waals surface area contributed by atoms with E-state index in [1.54, 1.807) is 51.1 Å². The molecule has 9 heteroatoms. The van der Waals surface area contributed by atoms with Crippen molar-refractivity contribution < 1.29 is 33.7 Å². The molecule has 35 heavy (non-hydrogen) atoms. The molecule has 2 aromatic rings. The summed E-state index contributed by atoms with van der Waals surface area (Å²) in [5.41, 5.74) is 4.16. The van der Waals surface area contributed by atoms with Crippen LogP contribution in [0.2, 0.25) is 0 Å². The molecule has 0 unspecified atom stereocenters. The Morgan fingerprint density at radius 3 is 2.23 bits per heavy atom. The van der Waals surface area contributed by atoms with Crippen molar-refractivity contribution >= 4 is 18.0 Å². The van der Waals surface area contributed by atoms with Gasteiger partial charge >= 0.3 is 18.0 Å². The molecular weight excluding hydrogens is 452 g/mol. The number of carbonyl (C=O) groups excluding carboxylic acids is 2. The number of carbonyl (C=O) groups is 3. The first-order valence-electron chi connectivity index (χ1n) is 11.2. The molecule has 0 aliphatic rings. The zero-order chi connectivity index (χ0) is 26.2. The van der Waals surface area contributed by atoms with Crippen LogP contribution in [0.25, 0.3) is 0 Å². The number of amides is 1. The van der Waals surface area contributed by atoms with Crippen molar-refractivity contribution in [3.05, 3.63) is 65.2 Å². The van der Waals surface area contributed by atoms with E-state index < -0.39 is 35.7 Å². The zero-order valence-corrected chi connectivity index (χ0v) is 21.0. The van der Waals surface area contributed by atoms with Gasteiger partial charge in [0.1, 0.15) is 17.4 Å². The number of aryl methyl sites for hydroxylation is 1. The van der Waals surface area contributed by atoms with Crippen molar-refractivity contribution in [2.45, 2.75) is 58.2 Å². The van der Waals surface area contributed by atoms with Gasteiger partial charge < -0.3 is 19.3 Å². The second kappa shape index (κ2) is 12.2. The van der Waals surface area contributed by atoms with E-state index >= 15 is 0 Å². The first-order chi connectivity index (χ1) is 16.4. The third-order valence-electron chi connectivity index (χ3n) is 5.10. The van der Waals surface area contributed by atoms with Gasteiger partial charge in [0.15, 0.2) is 6.04 Å². The molecule has 2 aromatic carbocycles. The molecule has 2 atom stereocenters. The van der Waals surface area contributed by atoms with E-state index in [2.05, 4.69) is 5.43 Å². The Hall–Kier alpha value is -3.59. The Labute approximate surface area is 205 Å². The van der Waals surface area contributed by atoms with E-state index in [0.29, 0.717) is 11.3 Å². The van der Waals surface area contributed by atoms with Crippen LogP contribution in [-0.2, 0) is 31.9 Å². The number of hydrogen-bond acceptors (Lipinski definition) is 7. The summed E-state index contributed by atoms with van der Waals surface area (Å²) in [4.78, 5) is 38.3. The molecule has 0 saturated heterocycles. The highest BCUT2D eigenvalue weighted by atomic mass is 16.6. The minimum Gasteiger partial charge on any atom is -0.496 e. The van der Waals surface area contributed by atoms with Crippen molar-refractivity contribution in [2.24, 2.45) is 0 Å². The smallest absolute Gasteiger partial charge is 0.425 e. The van der Waals surface area contributed by atoms with Crippen LogP contribution in [0, 0.1) is 6.92 Å². The number of carboxylic acid groups (broad SMARTS) is 1. The summed E-state index contributed by atoms with van der Waals surface area (Å²) < 4.78 is 15.9. The fourth-order valence-electron chi connectivity index (χ4n) is 3.48. The first kappa shape index (κ1) is 27.7. The first-order valence-corrected chi connectivity index (χ1v) is 11.2.